The van der Waals surface area contributed by atoms with Crippen LogP contribution in [-0.2, 0) is 6.54 Å². The van der Waals surface area contributed by atoms with Gasteiger partial charge in [0.05, 0.1) is 0 Å². The van der Waals surface area contributed by atoms with Crippen LogP contribution in [0.25, 0.3) is 0 Å². The minimum atomic E-state index is 0.188. The Morgan fingerprint density at radius 2 is 1.81 bits per heavy atom. The fourth-order valence-corrected chi connectivity index (χ4v) is 2.94. The van der Waals surface area contributed by atoms with Crippen molar-refractivity contribution in [2.24, 2.45) is 5.92 Å². The maximum Gasteiger partial charge on any atom is 0.253 e. The Kier molecular flexibility index (Phi) is 5.80. The molecule has 21 heavy (non-hydrogen) atoms. The molecule has 3 heteroatoms. The Labute approximate surface area is 128 Å². The number of rotatable bonds is 6. The highest BCUT2D eigenvalue weighted by Gasteiger charge is 2.19. The zero-order valence-electron chi connectivity index (χ0n) is 13.6. The second-order valence-electron chi connectivity index (χ2n) is 6.42. The Morgan fingerprint density at radius 3 is 2.33 bits per heavy atom. The quantitative estimate of drug-likeness (QED) is 0.801. The summed E-state index contributed by atoms with van der Waals surface area (Å²) in [4.78, 5) is 16.7. The molecule has 1 aromatic carbocycles. The second kappa shape index (κ2) is 7.60. The molecule has 116 valence electrons. The topological polar surface area (TPSA) is 23.6 Å². The van der Waals surface area contributed by atoms with Gasteiger partial charge in [0.2, 0.25) is 0 Å². The van der Waals surface area contributed by atoms with E-state index in [0.29, 0.717) is 5.92 Å². The van der Waals surface area contributed by atoms with Crippen LogP contribution in [0.15, 0.2) is 24.3 Å². The lowest BCUT2D eigenvalue weighted by Crippen LogP contribution is -2.28. The van der Waals surface area contributed by atoms with E-state index in [9.17, 15) is 4.79 Å². The largest absolute Gasteiger partial charge is 0.339 e. The van der Waals surface area contributed by atoms with Crippen molar-refractivity contribution in [3.8, 4) is 0 Å². The number of nitrogens with zero attached hydrogens (tertiary/aromatic N) is 2. The normalized spacial score (nSPS) is 15.2. The minimum absolute atomic E-state index is 0.188. The maximum atomic E-state index is 12.3. The molecule has 0 aromatic heterocycles. The molecule has 1 aliphatic heterocycles. The molecule has 0 N–H and O–H groups in total. The van der Waals surface area contributed by atoms with Crippen LogP contribution < -0.4 is 0 Å². The first-order valence-electron chi connectivity index (χ1n) is 8.20. The smallest absolute Gasteiger partial charge is 0.253 e. The molecule has 0 bridgehead atoms. The number of amides is 1. The van der Waals surface area contributed by atoms with E-state index in [1.54, 1.807) is 0 Å². The van der Waals surface area contributed by atoms with Gasteiger partial charge in [-0.25, -0.2) is 0 Å². The molecule has 2 rings (SSSR count). The molecule has 1 heterocycles. The number of likely N-dealkylation sites (tertiary alicyclic amines) is 1. The third kappa shape index (κ3) is 4.57. The summed E-state index contributed by atoms with van der Waals surface area (Å²) in [5, 5.41) is 0. The first-order valence-corrected chi connectivity index (χ1v) is 8.20. The van der Waals surface area contributed by atoms with E-state index in [0.717, 1.165) is 51.1 Å². The first-order chi connectivity index (χ1) is 10.1. The van der Waals surface area contributed by atoms with Crippen molar-refractivity contribution in [2.75, 3.05) is 26.2 Å². The lowest BCUT2D eigenvalue weighted by Gasteiger charge is -2.22. The standard InChI is InChI=1S/C18H28N2O/c1-4-19(13-15(2)3)14-16-7-9-17(10-8-16)18(21)20-11-5-6-12-20/h7-10,15H,4-6,11-14H2,1-3H3. The van der Waals surface area contributed by atoms with Gasteiger partial charge in [-0.3, -0.25) is 9.69 Å². The molecule has 0 aliphatic carbocycles. The number of benzene rings is 1. The second-order valence-corrected chi connectivity index (χ2v) is 6.42. The number of carbonyl (C=O) groups excluding carboxylic acids is 1. The van der Waals surface area contributed by atoms with Crippen LogP contribution in [0.3, 0.4) is 0 Å². The van der Waals surface area contributed by atoms with Crippen molar-refractivity contribution in [1.82, 2.24) is 9.80 Å². The summed E-state index contributed by atoms with van der Waals surface area (Å²) in [5.74, 6) is 0.870. The molecular formula is C18H28N2O. The molecular weight excluding hydrogens is 260 g/mol. The van der Waals surface area contributed by atoms with Gasteiger partial charge < -0.3 is 4.90 Å². The summed E-state index contributed by atoms with van der Waals surface area (Å²) in [6, 6.07) is 8.18. The highest BCUT2D eigenvalue weighted by atomic mass is 16.2. The van der Waals surface area contributed by atoms with E-state index < -0.39 is 0 Å². The zero-order valence-corrected chi connectivity index (χ0v) is 13.6. The van der Waals surface area contributed by atoms with Crippen LogP contribution in [-0.4, -0.2) is 41.9 Å². The first kappa shape index (κ1) is 16.0. The van der Waals surface area contributed by atoms with Gasteiger partial charge in [0.25, 0.3) is 5.91 Å². The van der Waals surface area contributed by atoms with Crippen LogP contribution in [0, 0.1) is 5.92 Å². The number of hydrogen-bond acceptors (Lipinski definition) is 2. The van der Waals surface area contributed by atoms with Gasteiger partial charge in [-0.05, 0) is 43.0 Å². The molecule has 0 atom stereocenters. The SMILES string of the molecule is CCN(Cc1ccc(C(=O)N2CCCC2)cc1)CC(C)C. The van der Waals surface area contributed by atoms with Crippen molar-refractivity contribution in [3.63, 3.8) is 0 Å². The monoisotopic (exact) mass is 288 g/mol. The van der Waals surface area contributed by atoms with Crippen LogP contribution in [0.4, 0.5) is 0 Å². The summed E-state index contributed by atoms with van der Waals surface area (Å²) in [5.41, 5.74) is 2.11. The van der Waals surface area contributed by atoms with Crippen LogP contribution >= 0.6 is 0 Å². The summed E-state index contributed by atoms with van der Waals surface area (Å²) in [6.07, 6.45) is 2.29. The Balaban J connectivity index is 1.96. The minimum Gasteiger partial charge on any atom is -0.339 e. The van der Waals surface area contributed by atoms with Crippen molar-refractivity contribution in [1.29, 1.82) is 0 Å². The van der Waals surface area contributed by atoms with Gasteiger partial charge in [-0.15, -0.1) is 0 Å². The van der Waals surface area contributed by atoms with Crippen LogP contribution in [0.1, 0.15) is 49.5 Å². The van der Waals surface area contributed by atoms with E-state index >= 15 is 0 Å². The Bertz CT molecular complexity index is 447. The highest BCUT2D eigenvalue weighted by Crippen LogP contribution is 2.14. The van der Waals surface area contributed by atoms with E-state index in [2.05, 4.69) is 37.8 Å². The average molecular weight is 288 g/mol. The number of carbonyl (C=O) groups is 1. The molecule has 1 aromatic rings. The Hall–Kier alpha value is -1.35. The summed E-state index contributed by atoms with van der Waals surface area (Å²) >= 11 is 0. The highest BCUT2D eigenvalue weighted by molar-refractivity contribution is 5.94. The predicted octanol–water partition coefficient (Wildman–Crippen LogP) is 3.40. The fourth-order valence-electron chi connectivity index (χ4n) is 2.94. The lowest BCUT2D eigenvalue weighted by atomic mass is 10.1. The van der Waals surface area contributed by atoms with Gasteiger partial charge >= 0.3 is 0 Å². The zero-order chi connectivity index (χ0) is 15.2. The van der Waals surface area contributed by atoms with Crippen molar-refractivity contribution in [3.05, 3.63) is 35.4 Å². The van der Waals surface area contributed by atoms with Crippen LogP contribution in [0.5, 0.6) is 0 Å². The maximum absolute atomic E-state index is 12.3. The third-order valence-electron chi connectivity index (χ3n) is 4.07. The molecule has 3 nitrogen and oxygen atoms in total. The van der Waals surface area contributed by atoms with E-state index in [1.165, 1.54) is 5.56 Å². The van der Waals surface area contributed by atoms with Gasteiger partial charge in [0, 0.05) is 31.7 Å². The van der Waals surface area contributed by atoms with Crippen molar-refractivity contribution in [2.45, 2.75) is 40.2 Å². The van der Waals surface area contributed by atoms with E-state index in [1.807, 2.05) is 17.0 Å². The molecule has 0 unspecified atom stereocenters. The van der Waals surface area contributed by atoms with Gasteiger partial charge in [0.15, 0.2) is 0 Å². The average Bonchev–Trinajstić information content (AvgIpc) is 3.00. The van der Waals surface area contributed by atoms with E-state index in [4.69, 9.17) is 0 Å². The lowest BCUT2D eigenvalue weighted by molar-refractivity contribution is 0.0793. The summed E-state index contributed by atoms with van der Waals surface area (Å²) in [6.45, 7) is 11.7. The van der Waals surface area contributed by atoms with Crippen molar-refractivity contribution < 1.29 is 4.79 Å². The molecule has 1 aliphatic rings. The van der Waals surface area contributed by atoms with Crippen LogP contribution in [0.2, 0.25) is 0 Å². The van der Waals surface area contributed by atoms with Gasteiger partial charge in [-0.2, -0.15) is 0 Å². The Morgan fingerprint density at radius 1 is 1.19 bits per heavy atom. The molecule has 1 saturated heterocycles. The predicted molar refractivity (Wildman–Crippen MR) is 87.4 cm³/mol. The molecule has 0 radical (unpaired) electrons. The van der Waals surface area contributed by atoms with E-state index in [-0.39, 0.29) is 5.91 Å². The van der Waals surface area contributed by atoms with Gasteiger partial charge in [0.1, 0.15) is 0 Å². The molecule has 1 amide bonds. The summed E-state index contributed by atoms with van der Waals surface area (Å²) in [7, 11) is 0. The molecule has 1 fully saturated rings. The third-order valence-corrected chi connectivity index (χ3v) is 4.07. The van der Waals surface area contributed by atoms with Crippen molar-refractivity contribution >= 4 is 5.91 Å². The van der Waals surface area contributed by atoms with Gasteiger partial charge in [-0.1, -0.05) is 32.9 Å². The summed E-state index contributed by atoms with van der Waals surface area (Å²) < 4.78 is 0. The number of hydrogen-bond donors (Lipinski definition) is 0. The fraction of sp³-hybridized carbons (Fsp3) is 0.611. The molecule has 0 saturated carbocycles. The molecule has 0 spiro atoms.